The maximum atomic E-state index is 12.2. The molecule has 0 aliphatic carbocycles. The fourth-order valence-electron chi connectivity index (χ4n) is 2.66. The molecule has 1 aliphatic rings. The van der Waals surface area contributed by atoms with E-state index in [-0.39, 0.29) is 12.1 Å². The van der Waals surface area contributed by atoms with Gasteiger partial charge >= 0.3 is 6.03 Å². The number of rotatable bonds is 5. The molecule has 0 bridgehead atoms. The highest BCUT2D eigenvalue weighted by molar-refractivity contribution is 5.75. The van der Waals surface area contributed by atoms with Crippen LogP contribution in [0.2, 0.25) is 0 Å². The van der Waals surface area contributed by atoms with E-state index < -0.39 is 0 Å². The summed E-state index contributed by atoms with van der Waals surface area (Å²) < 4.78 is 5.18. The zero-order chi connectivity index (χ0) is 14.4. The Labute approximate surface area is 121 Å². The molecular formula is C16H24N2O2. The second-order valence-electron chi connectivity index (χ2n) is 5.21. The lowest BCUT2D eigenvalue weighted by Gasteiger charge is -2.25. The average Bonchev–Trinajstić information content (AvgIpc) is 2.97. The van der Waals surface area contributed by atoms with Crippen LogP contribution in [0.3, 0.4) is 0 Å². The van der Waals surface area contributed by atoms with Gasteiger partial charge in [-0.1, -0.05) is 25.5 Å². The van der Waals surface area contributed by atoms with Crippen molar-refractivity contribution in [1.82, 2.24) is 10.2 Å². The lowest BCUT2D eigenvalue weighted by Crippen LogP contribution is -2.39. The average molecular weight is 276 g/mol. The van der Waals surface area contributed by atoms with E-state index in [0.717, 1.165) is 44.5 Å². The number of hydrogen-bond acceptors (Lipinski definition) is 2. The maximum absolute atomic E-state index is 12.2. The number of unbranched alkanes of at least 4 members (excludes halogenated alkanes) is 1. The fourth-order valence-corrected chi connectivity index (χ4v) is 2.66. The topological polar surface area (TPSA) is 41.6 Å². The molecular weight excluding hydrogens is 252 g/mol. The molecule has 110 valence electrons. The highest BCUT2D eigenvalue weighted by Gasteiger charge is 2.29. The first kappa shape index (κ1) is 14.7. The molecule has 2 rings (SSSR count). The number of hydrogen-bond donors (Lipinski definition) is 1. The number of nitrogens with one attached hydrogen (secondary N) is 1. The second-order valence-corrected chi connectivity index (χ2v) is 5.21. The number of carbonyl (C=O) groups excluding carboxylic acids is 1. The van der Waals surface area contributed by atoms with Gasteiger partial charge in [-0.3, -0.25) is 0 Å². The van der Waals surface area contributed by atoms with Gasteiger partial charge in [0.2, 0.25) is 0 Å². The van der Waals surface area contributed by atoms with E-state index in [1.807, 2.05) is 17.0 Å². The molecule has 0 saturated carbocycles. The Bertz CT molecular complexity index is 431. The van der Waals surface area contributed by atoms with Crippen LogP contribution < -0.4 is 10.1 Å². The van der Waals surface area contributed by atoms with Crippen molar-refractivity contribution in [2.45, 2.75) is 38.6 Å². The third kappa shape index (κ3) is 3.44. The van der Waals surface area contributed by atoms with Crippen molar-refractivity contribution in [2.24, 2.45) is 0 Å². The highest BCUT2D eigenvalue weighted by atomic mass is 16.5. The molecule has 1 fully saturated rings. The minimum Gasteiger partial charge on any atom is -0.497 e. The monoisotopic (exact) mass is 276 g/mol. The van der Waals surface area contributed by atoms with E-state index in [2.05, 4.69) is 24.4 Å². The minimum absolute atomic E-state index is 0.0665. The van der Waals surface area contributed by atoms with Crippen molar-refractivity contribution < 1.29 is 9.53 Å². The molecule has 0 radical (unpaired) electrons. The van der Waals surface area contributed by atoms with Crippen LogP contribution in [-0.2, 0) is 0 Å². The van der Waals surface area contributed by atoms with Crippen LogP contribution in [0.1, 0.15) is 44.2 Å². The molecule has 20 heavy (non-hydrogen) atoms. The minimum atomic E-state index is 0.0665. The fraction of sp³-hybridized carbons (Fsp3) is 0.562. The molecule has 1 aromatic carbocycles. The Morgan fingerprint density at radius 2 is 2.15 bits per heavy atom. The van der Waals surface area contributed by atoms with E-state index in [1.54, 1.807) is 7.11 Å². The summed E-state index contributed by atoms with van der Waals surface area (Å²) in [5.74, 6) is 0.852. The van der Waals surface area contributed by atoms with E-state index in [1.165, 1.54) is 5.56 Å². The van der Waals surface area contributed by atoms with Crippen molar-refractivity contribution >= 4 is 6.03 Å². The Morgan fingerprint density at radius 3 is 2.80 bits per heavy atom. The van der Waals surface area contributed by atoms with Crippen molar-refractivity contribution in [3.63, 3.8) is 0 Å². The first-order chi connectivity index (χ1) is 9.76. The van der Waals surface area contributed by atoms with E-state index in [0.29, 0.717) is 0 Å². The zero-order valence-corrected chi connectivity index (χ0v) is 12.4. The van der Waals surface area contributed by atoms with E-state index in [9.17, 15) is 4.79 Å². The van der Waals surface area contributed by atoms with Crippen LogP contribution in [-0.4, -0.2) is 31.1 Å². The lowest BCUT2D eigenvalue weighted by atomic mass is 10.0. The Morgan fingerprint density at radius 1 is 1.40 bits per heavy atom. The molecule has 1 unspecified atom stereocenters. The summed E-state index contributed by atoms with van der Waals surface area (Å²) >= 11 is 0. The molecule has 1 aliphatic heterocycles. The summed E-state index contributed by atoms with van der Waals surface area (Å²) in [5.41, 5.74) is 1.19. The van der Waals surface area contributed by atoms with Gasteiger partial charge in [-0.05, 0) is 37.0 Å². The molecule has 0 spiro atoms. The van der Waals surface area contributed by atoms with Gasteiger partial charge in [-0.25, -0.2) is 4.79 Å². The van der Waals surface area contributed by atoms with Crippen LogP contribution in [0.15, 0.2) is 24.3 Å². The van der Waals surface area contributed by atoms with Crippen LogP contribution in [0.25, 0.3) is 0 Å². The second kappa shape index (κ2) is 7.17. The van der Waals surface area contributed by atoms with Crippen molar-refractivity contribution in [1.29, 1.82) is 0 Å². The third-order valence-electron chi connectivity index (χ3n) is 3.82. The molecule has 4 heteroatoms. The molecule has 1 N–H and O–H groups in total. The van der Waals surface area contributed by atoms with Crippen LogP contribution >= 0.6 is 0 Å². The van der Waals surface area contributed by atoms with Gasteiger partial charge < -0.3 is 15.0 Å². The summed E-state index contributed by atoms with van der Waals surface area (Å²) in [4.78, 5) is 14.2. The van der Waals surface area contributed by atoms with Crippen LogP contribution in [0.5, 0.6) is 5.75 Å². The van der Waals surface area contributed by atoms with Gasteiger partial charge in [0, 0.05) is 13.1 Å². The number of amides is 2. The van der Waals surface area contributed by atoms with Gasteiger partial charge in [-0.2, -0.15) is 0 Å². The summed E-state index contributed by atoms with van der Waals surface area (Å²) in [6.07, 6.45) is 4.24. The molecule has 0 aromatic heterocycles. The van der Waals surface area contributed by atoms with Crippen molar-refractivity contribution in [3.05, 3.63) is 29.8 Å². The van der Waals surface area contributed by atoms with Crippen LogP contribution in [0.4, 0.5) is 4.79 Å². The van der Waals surface area contributed by atoms with E-state index in [4.69, 9.17) is 4.74 Å². The summed E-state index contributed by atoms with van der Waals surface area (Å²) in [6, 6.07) is 8.29. The van der Waals surface area contributed by atoms with Gasteiger partial charge in [0.15, 0.2) is 0 Å². The number of likely N-dealkylation sites (tertiary alicyclic amines) is 1. The molecule has 4 nitrogen and oxygen atoms in total. The lowest BCUT2D eigenvalue weighted by molar-refractivity contribution is 0.193. The number of methoxy groups -OCH3 is 1. The number of nitrogens with zero attached hydrogens (tertiary/aromatic N) is 1. The smallest absolute Gasteiger partial charge is 0.317 e. The van der Waals surface area contributed by atoms with Gasteiger partial charge in [-0.15, -0.1) is 0 Å². The molecule has 2 amide bonds. The number of benzene rings is 1. The summed E-state index contributed by atoms with van der Waals surface area (Å²) in [7, 11) is 1.66. The largest absolute Gasteiger partial charge is 0.497 e. The first-order valence-corrected chi connectivity index (χ1v) is 7.44. The normalized spacial score (nSPS) is 18.1. The predicted molar refractivity (Wildman–Crippen MR) is 80.0 cm³/mol. The number of urea groups is 1. The zero-order valence-electron chi connectivity index (χ0n) is 12.4. The Balaban J connectivity index is 2.00. The molecule has 1 saturated heterocycles. The SMILES string of the molecule is CCCCNC(=O)N1CCCC1c1ccc(OC)cc1. The Hall–Kier alpha value is -1.71. The van der Waals surface area contributed by atoms with Crippen LogP contribution in [0, 0.1) is 0 Å². The third-order valence-corrected chi connectivity index (χ3v) is 3.82. The highest BCUT2D eigenvalue weighted by Crippen LogP contribution is 2.32. The first-order valence-electron chi connectivity index (χ1n) is 7.44. The predicted octanol–water partition coefficient (Wildman–Crippen LogP) is 3.34. The summed E-state index contributed by atoms with van der Waals surface area (Å²) in [5, 5.41) is 3.01. The molecule has 1 heterocycles. The quantitative estimate of drug-likeness (QED) is 0.838. The maximum Gasteiger partial charge on any atom is 0.317 e. The standard InChI is InChI=1S/C16H24N2O2/c1-3-4-11-17-16(19)18-12-5-6-15(18)13-7-9-14(20-2)10-8-13/h7-10,15H,3-6,11-12H2,1-2H3,(H,17,19). The van der Waals surface area contributed by atoms with Gasteiger partial charge in [0.25, 0.3) is 0 Å². The van der Waals surface area contributed by atoms with Gasteiger partial charge in [0.05, 0.1) is 13.2 Å². The van der Waals surface area contributed by atoms with Crippen molar-refractivity contribution in [2.75, 3.05) is 20.2 Å². The Kier molecular flexibility index (Phi) is 5.27. The summed E-state index contributed by atoms with van der Waals surface area (Å²) in [6.45, 7) is 3.73. The van der Waals surface area contributed by atoms with E-state index >= 15 is 0 Å². The number of ether oxygens (including phenoxy) is 1. The van der Waals surface area contributed by atoms with Crippen molar-refractivity contribution in [3.8, 4) is 5.75 Å². The molecule has 1 atom stereocenters. The van der Waals surface area contributed by atoms with Gasteiger partial charge in [0.1, 0.15) is 5.75 Å². The number of carbonyl (C=O) groups is 1. The molecule has 1 aromatic rings.